The summed E-state index contributed by atoms with van der Waals surface area (Å²) in [5, 5.41) is 9.62. The molecule has 8 heteroatoms. The fraction of sp³-hybridized carbons (Fsp3) is 0.421. The van der Waals surface area contributed by atoms with E-state index in [1.807, 2.05) is 6.08 Å². The first-order valence-corrected chi connectivity index (χ1v) is 8.65. The molecule has 0 bridgehead atoms. The number of hydrogen-bond acceptors (Lipinski definition) is 5. The van der Waals surface area contributed by atoms with Gasteiger partial charge in [-0.1, -0.05) is 6.07 Å². The Morgan fingerprint density at radius 2 is 2.00 bits per heavy atom. The van der Waals surface area contributed by atoms with Crippen molar-refractivity contribution in [3.63, 3.8) is 0 Å². The van der Waals surface area contributed by atoms with Crippen LogP contribution in [0, 0.1) is 11.6 Å². The Labute approximate surface area is 156 Å². The highest BCUT2D eigenvalue weighted by molar-refractivity contribution is 5.92. The van der Waals surface area contributed by atoms with E-state index in [2.05, 4.69) is 4.90 Å². The maximum atomic E-state index is 13.7. The second kappa shape index (κ2) is 8.06. The average Bonchev–Trinajstić information content (AvgIpc) is 2.65. The molecule has 3 rings (SSSR count). The van der Waals surface area contributed by atoms with Crippen molar-refractivity contribution < 1.29 is 28.2 Å². The molecule has 1 aromatic rings. The van der Waals surface area contributed by atoms with Crippen molar-refractivity contribution in [2.45, 2.75) is 19.6 Å². The zero-order chi connectivity index (χ0) is 19.6. The molecule has 0 amide bonds. The molecule has 1 aromatic carbocycles. The number of methoxy groups -OCH3 is 1. The second-order valence-electron chi connectivity index (χ2n) is 6.48. The molecule has 2 aliphatic rings. The summed E-state index contributed by atoms with van der Waals surface area (Å²) >= 11 is 0. The van der Waals surface area contributed by atoms with Gasteiger partial charge in [0, 0.05) is 19.6 Å². The van der Waals surface area contributed by atoms with Crippen molar-refractivity contribution >= 4 is 5.97 Å². The van der Waals surface area contributed by atoms with Gasteiger partial charge in [0.15, 0.2) is 11.6 Å². The summed E-state index contributed by atoms with van der Waals surface area (Å²) in [6.07, 6.45) is 1.58. The van der Waals surface area contributed by atoms with Gasteiger partial charge in [0.05, 0.1) is 20.3 Å². The molecule has 1 saturated heterocycles. The van der Waals surface area contributed by atoms with Crippen molar-refractivity contribution in [3.05, 3.63) is 58.5 Å². The van der Waals surface area contributed by atoms with E-state index in [1.54, 1.807) is 11.8 Å². The van der Waals surface area contributed by atoms with E-state index >= 15 is 0 Å². The second-order valence-corrected chi connectivity index (χ2v) is 6.48. The number of ether oxygens (including phenoxy) is 2. The van der Waals surface area contributed by atoms with Gasteiger partial charge in [-0.05, 0) is 36.3 Å². The van der Waals surface area contributed by atoms with Crippen LogP contribution in [0.4, 0.5) is 8.78 Å². The van der Waals surface area contributed by atoms with Crippen LogP contribution >= 0.6 is 0 Å². The normalized spacial score (nSPS) is 21.3. The molecular weight excluding hydrogens is 358 g/mol. The third-order valence-corrected chi connectivity index (χ3v) is 4.75. The van der Waals surface area contributed by atoms with E-state index in [0.29, 0.717) is 37.4 Å². The third kappa shape index (κ3) is 3.96. The van der Waals surface area contributed by atoms with Crippen molar-refractivity contribution in [2.75, 3.05) is 33.4 Å². The largest absolute Gasteiger partial charge is 0.482 e. The van der Waals surface area contributed by atoms with E-state index in [4.69, 9.17) is 9.47 Å². The molecule has 1 unspecified atom stereocenters. The van der Waals surface area contributed by atoms with Crippen LogP contribution in [0.2, 0.25) is 0 Å². The first-order chi connectivity index (χ1) is 12.9. The predicted molar refractivity (Wildman–Crippen MR) is 93.5 cm³/mol. The van der Waals surface area contributed by atoms with Gasteiger partial charge in [0.2, 0.25) is 5.88 Å². The minimum absolute atomic E-state index is 0.0598. The average molecular weight is 380 g/mol. The van der Waals surface area contributed by atoms with Gasteiger partial charge < -0.3 is 19.5 Å². The van der Waals surface area contributed by atoms with Gasteiger partial charge in [-0.15, -0.1) is 0 Å². The Kier molecular flexibility index (Phi) is 5.76. The van der Waals surface area contributed by atoms with Crippen LogP contribution in [-0.4, -0.2) is 60.5 Å². The highest BCUT2D eigenvalue weighted by Gasteiger charge is 2.35. The zero-order valence-electron chi connectivity index (χ0n) is 15.2. The zero-order valence-corrected chi connectivity index (χ0v) is 15.2. The molecule has 146 valence electrons. The first-order valence-electron chi connectivity index (χ1n) is 8.65. The number of aliphatic carboxylic acids is 1. The van der Waals surface area contributed by atoms with Crippen LogP contribution < -0.4 is 0 Å². The number of nitrogens with zero attached hydrogens (tertiary/aromatic N) is 2. The van der Waals surface area contributed by atoms with Crippen molar-refractivity contribution in [3.8, 4) is 0 Å². The monoisotopic (exact) mass is 380 g/mol. The fourth-order valence-corrected chi connectivity index (χ4v) is 3.45. The Bertz CT molecular complexity index is 788. The lowest BCUT2D eigenvalue weighted by molar-refractivity contribution is -0.133. The molecule has 6 nitrogen and oxygen atoms in total. The summed E-state index contributed by atoms with van der Waals surface area (Å²) in [5.74, 6) is -2.77. The minimum atomic E-state index is -1.10. The highest BCUT2D eigenvalue weighted by atomic mass is 19.2. The topological polar surface area (TPSA) is 62.2 Å². The molecule has 2 aliphatic heterocycles. The Hall–Kier alpha value is -2.45. The van der Waals surface area contributed by atoms with E-state index in [0.717, 1.165) is 12.1 Å². The van der Waals surface area contributed by atoms with Crippen LogP contribution in [0.15, 0.2) is 41.3 Å². The van der Waals surface area contributed by atoms with E-state index in [1.165, 1.54) is 13.2 Å². The Morgan fingerprint density at radius 1 is 1.30 bits per heavy atom. The van der Waals surface area contributed by atoms with E-state index in [-0.39, 0.29) is 24.2 Å². The molecule has 2 heterocycles. The molecule has 0 aromatic heterocycles. The third-order valence-electron chi connectivity index (χ3n) is 4.75. The van der Waals surface area contributed by atoms with Gasteiger partial charge in [0.25, 0.3) is 0 Å². The molecule has 27 heavy (non-hydrogen) atoms. The number of benzene rings is 1. The van der Waals surface area contributed by atoms with E-state index < -0.39 is 17.6 Å². The van der Waals surface area contributed by atoms with Crippen molar-refractivity contribution in [1.82, 2.24) is 9.80 Å². The number of carbonyl (C=O) groups is 1. The lowest BCUT2D eigenvalue weighted by atomic mass is 10.0. The molecule has 0 radical (unpaired) electrons. The quantitative estimate of drug-likeness (QED) is 0.846. The van der Waals surface area contributed by atoms with Gasteiger partial charge >= 0.3 is 5.97 Å². The molecule has 0 spiro atoms. The number of morpholine rings is 1. The number of rotatable bonds is 5. The van der Waals surface area contributed by atoms with Crippen LogP contribution in [-0.2, 0) is 20.8 Å². The lowest BCUT2D eigenvalue weighted by Crippen LogP contribution is -2.52. The van der Waals surface area contributed by atoms with Crippen molar-refractivity contribution in [2.24, 2.45) is 0 Å². The first kappa shape index (κ1) is 19.3. The lowest BCUT2D eigenvalue weighted by Gasteiger charge is -2.43. The summed E-state index contributed by atoms with van der Waals surface area (Å²) in [7, 11) is 1.41. The van der Waals surface area contributed by atoms with Gasteiger partial charge in [-0.25, -0.2) is 13.6 Å². The van der Waals surface area contributed by atoms with Gasteiger partial charge in [-0.3, -0.25) is 4.90 Å². The maximum absolute atomic E-state index is 13.7. The SMILES string of the molecule is COC1=C(C(=O)O)C(C)=CC(N2CCOCC2)N1Cc1ccc(F)c(F)c1. The standard InChI is InChI=1S/C19H22F2N2O4/c1-12-9-16(22-5-7-27-8-6-22)23(18(26-2)17(12)19(24)25)11-13-3-4-14(20)15(21)10-13/h3-4,9-10,16H,5-8,11H2,1-2H3,(H,24,25). The summed E-state index contributed by atoms with van der Waals surface area (Å²) in [4.78, 5) is 15.7. The van der Waals surface area contributed by atoms with Gasteiger partial charge in [0.1, 0.15) is 11.7 Å². The molecule has 1 atom stereocenters. The number of carboxylic acids is 1. The highest BCUT2D eigenvalue weighted by Crippen LogP contribution is 2.31. The fourth-order valence-electron chi connectivity index (χ4n) is 3.45. The minimum Gasteiger partial charge on any atom is -0.482 e. The molecular formula is C19H22F2N2O4. The van der Waals surface area contributed by atoms with E-state index in [9.17, 15) is 18.7 Å². The summed E-state index contributed by atoms with van der Waals surface area (Å²) in [5.41, 5.74) is 1.17. The van der Waals surface area contributed by atoms with Crippen LogP contribution in [0.25, 0.3) is 0 Å². The summed E-state index contributed by atoms with van der Waals surface area (Å²) < 4.78 is 37.8. The molecule has 1 N–H and O–H groups in total. The summed E-state index contributed by atoms with van der Waals surface area (Å²) in [6, 6.07) is 3.66. The van der Waals surface area contributed by atoms with Gasteiger partial charge in [-0.2, -0.15) is 0 Å². The molecule has 0 saturated carbocycles. The Balaban J connectivity index is 2.01. The maximum Gasteiger partial charge on any atom is 0.341 e. The van der Waals surface area contributed by atoms with Crippen LogP contribution in [0.5, 0.6) is 0 Å². The molecule has 0 aliphatic carbocycles. The van der Waals surface area contributed by atoms with Crippen molar-refractivity contribution in [1.29, 1.82) is 0 Å². The Morgan fingerprint density at radius 3 is 2.59 bits per heavy atom. The predicted octanol–water partition coefficient (Wildman–Crippen LogP) is 2.33. The summed E-state index contributed by atoms with van der Waals surface area (Å²) in [6.45, 7) is 4.37. The number of hydrogen-bond donors (Lipinski definition) is 1. The van der Waals surface area contributed by atoms with Crippen LogP contribution in [0.3, 0.4) is 0 Å². The number of carboxylic acid groups (broad SMARTS) is 1. The smallest absolute Gasteiger partial charge is 0.341 e. The van der Waals surface area contributed by atoms with Crippen LogP contribution in [0.1, 0.15) is 12.5 Å². The molecule has 1 fully saturated rings. The number of halogens is 2.